The largest absolute Gasteiger partial charge is 0.379 e. The van der Waals surface area contributed by atoms with E-state index in [4.69, 9.17) is 18.9 Å². The van der Waals surface area contributed by atoms with Crippen molar-refractivity contribution in [3.63, 3.8) is 0 Å². The maximum Gasteiger partial charge on any atom is 0.166 e. The van der Waals surface area contributed by atoms with Gasteiger partial charge in [0, 0.05) is 18.9 Å². The molecule has 0 spiro atoms. The summed E-state index contributed by atoms with van der Waals surface area (Å²) in [6.07, 6.45) is 1.16. The van der Waals surface area contributed by atoms with Crippen LogP contribution in [0.5, 0.6) is 0 Å². The molecule has 0 radical (unpaired) electrons. The van der Waals surface area contributed by atoms with Gasteiger partial charge in [-0.1, -0.05) is 0 Å². The molecular formula is C9H14O4. The molecule has 5 atom stereocenters. The van der Waals surface area contributed by atoms with Gasteiger partial charge in [0.1, 0.15) is 0 Å². The summed E-state index contributed by atoms with van der Waals surface area (Å²) in [6, 6.07) is 0. The van der Waals surface area contributed by atoms with E-state index < -0.39 is 0 Å². The van der Waals surface area contributed by atoms with Crippen LogP contribution in [0.1, 0.15) is 6.42 Å². The molecule has 0 N–H and O–H groups in total. The Bertz CT molecular complexity index is 206. The second-order valence-electron chi connectivity index (χ2n) is 3.88. The average molecular weight is 186 g/mol. The Hall–Kier alpha value is -0.160. The van der Waals surface area contributed by atoms with Crippen molar-refractivity contribution >= 4 is 0 Å². The highest BCUT2D eigenvalue weighted by molar-refractivity contribution is 4.93. The van der Waals surface area contributed by atoms with E-state index >= 15 is 0 Å². The highest BCUT2D eigenvalue weighted by Crippen LogP contribution is 2.45. The van der Waals surface area contributed by atoms with Crippen molar-refractivity contribution in [2.45, 2.75) is 25.1 Å². The van der Waals surface area contributed by atoms with Gasteiger partial charge in [-0.05, 0) is 6.42 Å². The molecule has 0 aromatic rings. The van der Waals surface area contributed by atoms with Crippen molar-refractivity contribution in [2.75, 3.05) is 20.3 Å². The van der Waals surface area contributed by atoms with Crippen molar-refractivity contribution in [1.82, 2.24) is 0 Å². The minimum absolute atomic E-state index is 0.0343. The van der Waals surface area contributed by atoms with Gasteiger partial charge in [-0.2, -0.15) is 0 Å². The first-order valence-corrected chi connectivity index (χ1v) is 4.81. The van der Waals surface area contributed by atoms with Crippen molar-refractivity contribution in [1.29, 1.82) is 0 Å². The molecule has 0 aromatic heterocycles. The Labute approximate surface area is 77.1 Å². The molecule has 3 saturated heterocycles. The van der Waals surface area contributed by atoms with Gasteiger partial charge in [0.2, 0.25) is 0 Å². The van der Waals surface area contributed by atoms with Gasteiger partial charge in [-0.3, -0.25) is 0 Å². The van der Waals surface area contributed by atoms with E-state index in [1.54, 1.807) is 7.11 Å². The van der Waals surface area contributed by atoms with Crippen LogP contribution in [-0.4, -0.2) is 39.0 Å². The lowest BCUT2D eigenvalue weighted by Crippen LogP contribution is -2.28. The molecule has 0 aromatic carbocycles. The standard InChI is InChI=1S/C9H14O4/c1-10-6-4-12-9-7(6)5-2-3-11-8(5)13-9/h5-9H,2-4H2,1H3/t5-,6-,7-,8-,9-/m1/s1. The van der Waals surface area contributed by atoms with Crippen molar-refractivity contribution in [3.8, 4) is 0 Å². The van der Waals surface area contributed by atoms with Crippen LogP contribution in [0.4, 0.5) is 0 Å². The third kappa shape index (κ3) is 1.06. The minimum atomic E-state index is -0.0831. The number of hydrogen-bond donors (Lipinski definition) is 0. The van der Waals surface area contributed by atoms with E-state index in [2.05, 4.69) is 0 Å². The van der Waals surface area contributed by atoms with Crippen molar-refractivity contribution in [3.05, 3.63) is 0 Å². The molecule has 3 heterocycles. The van der Waals surface area contributed by atoms with Crippen LogP contribution in [0, 0.1) is 11.8 Å². The van der Waals surface area contributed by atoms with Gasteiger partial charge >= 0.3 is 0 Å². The number of fused-ring (bicyclic) bond motifs is 3. The number of hydrogen-bond acceptors (Lipinski definition) is 4. The van der Waals surface area contributed by atoms with Gasteiger partial charge in [0.05, 0.1) is 19.3 Å². The third-order valence-electron chi connectivity index (χ3n) is 3.32. The summed E-state index contributed by atoms with van der Waals surface area (Å²) in [5, 5.41) is 0. The lowest BCUT2D eigenvalue weighted by Gasteiger charge is -2.18. The number of rotatable bonds is 1. The molecular weight excluding hydrogens is 172 g/mol. The Kier molecular flexibility index (Phi) is 1.83. The van der Waals surface area contributed by atoms with Crippen molar-refractivity contribution < 1.29 is 18.9 Å². The number of methoxy groups -OCH3 is 1. The van der Waals surface area contributed by atoms with Crippen LogP contribution in [0.15, 0.2) is 0 Å². The van der Waals surface area contributed by atoms with Gasteiger partial charge in [0.15, 0.2) is 12.6 Å². The molecule has 3 fully saturated rings. The molecule has 74 valence electrons. The summed E-state index contributed by atoms with van der Waals surface area (Å²) >= 11 is 0. The maximum absolute atomic E-state index is 5.62. The van der Waals surface area contributed by atoms with Crippen LogP contribution >= 0.6 is 0 Å². The zero-order chi connectivity index (χ0) is 8.84. The topological polar surface area (TPSA) is 36.9 Å². The molecule has 0 amide bonds. The molecule has 3 aliphatic heterocycles. The lowest BCUT2D eigenvalue weighted by atomic mass is 9.89. The first-order chi connectivity index (χ1) is 6.40. The van der Waals surface area contributed by atoms with E-state index in [0.29, 0.717) is 18.4 Å². The minimum Gasteiger partial charge on any atom is -0.379 e. The fourth-order valence-electron chi connectivity index (χ4n) is 2.65. The van der Waals surface area contributed by atoms with E-state index in [9.17, 15) is 0 Å². The fraction of sp³-hybridized carbons (Fsp3) is 1.00. The summed E-state index contributed by atoms with van der Waals surface area (Å²) in [5.74, 6) is 0.870. The molecule has 0 aliphatic carbocycles. The second-order valence-corrected chi connectivity index (χ2v) is 3.88. The summed E-state index contributed by atoms with van der Waals surface area (Å²) < 4.78 is 21.9. The quantitative estimate of drug-likeness (QED) is 0.592. The van der Waals surface area contributed by atoms with E-state index in [-0.39, 0.29) is 18.7 Å². The molecule has 4 nitrogen and oxygen atoms in total. The Morgan fingerprint density at radius 2 is 2.15 bits per heavy atom. The summed E-state index contributed by atoms with van der Waals surface area (Å²) in [7, 11) is 1.74. The van der Waals surface area contributed by atoms with E-state index in [1.807, 2.05) is 0 Å². The van der Waals surface area contributed by atoms with Gasteiger partial charge < -0.3 is 18.9 Å². The van der Waals surface area contributed by atoms with Crippen molar-refractivity contribution in [2.24, 2.45) is 11.8 Å². The zero-order valence-corrected chi connectivity index (χ0v) is 7.64. The Balaban J connectivity index is 1.81. The van der Waals surface area contributed by atoms with E-state index in [1.165, 1.54) is 0 Å². The second kappa shape index (κ2) is 2.92. The first kappa shape index (κ1) is 8.17. The highest BCUT2D eigenvalue weighted by Gasteiger charge is 2.55. The first-order valence-electron chi connectivity index (χ1n) is 4.81. The zero-order valence-electron chi connectivity index (χ0n) is 7.64. The Morgan fingerprint density at radius 3 is 3.00 bits per heavy atom. The highest BCUT2D eigenvalue weighted by atomic mass is 16.8. The third-order valence-corrected chi connectivity index (χ3v) is 3.32. The summed E-state index contributed by atoms with van der Waals surface area (Å²) in [4.78, 5) is 0. The van der Waals surface area contributed by atoms with E-state index in [0.717, 1.165) is 13.0 Å². The van der Waals surface area contributed by atoms with Crippen LogP contribution in [0.3, 0.4) is 0 Å². The van der Waals surface area contributed by atoms with Gasteiger partial charge in [0.25, 0.3) is 0 Å². The molecule has 13 heavy (non-hydrogen) atoms. The van der Waals surface area contributed by atoms with Crippen LogP contribution in [0.25, 0.3) is 0 Å². The normalized spacial score (nSPS) is 53.8. The lowest BCUT2D eigenvalue weighted by molar-refractivity contribution is -0.188. The molecule has 4 heteroatoms. The van der Waals surface area contributed by atoms with Crippen LogP contribution in [0.2, 0.25) is 0 Å². The maximum atomic E-state index is 5.62. The molecule has 3 rings (SSSR count). The van der Waals surface area contributed by atoms with Crippen LogP contribution < -0.4 is 0 Å². The predicted octanol–water partition coefficient (Wildman–Crippen LogP) is 0.367. The summed E-state index contributed by atoms with van der Waals surface area (Å²) in [6.45, 7) is 1.48. The number of ether oxygens (including phenoxy) is 4. The average Bonchev–Trinajstić information content (AvgIpc) is 2.72. The van der Waals surface area contributed by atoms with Gasteiger partial charge in [-0.25, -0.2) is 0 Å². The predicted molar refractivity (Wildman–Crippen MR) is 43.0 cm³/mol. The molecule has 3 aliphatic rings. The fourth-order valence-corrected chi connectivity index (χ4v) is 2.65. The summed E-state index contributed by atoms with van der Waals surface area (Å²) in [5.41, 5.74) is 0. The Morgan fingerprint density at radius 1 is 1.23 bits per heavy atom. The van der Waals surface area contributed by atoms with Crippen LogP contribution in [-0.2, 0) is 18.9 Å². The SMILES string of the molecule is CO[C@@H]1CO[C@@H]2O[C@H]3OCC[C@@H]3[C@@H]21. The molecule has 0 bridgehead atoms. The molecule has 0 unspecified atom stereocenters. The smallest absolute Gasteiger partial charge is 0.166 e. The monoisotopic (exact) mass is 186 g/mol. The molecule has 0 saturated carbocycles. The van der Waals surface area contributed by atoms with Gasteiger partial charge in [-0.15, -0.1) is 0 Å².